The zero-order valence-corrected chi connectivity index (χ0v) is 19.9. The normalized spacial score (nSPS) is 14.8. The van der Waals surface area contributed by atoms with E-state index in [4.69, 9.17) is 27.9 Å². The third kappa shape index (κ3) is 6.68. The molecule has 2 aromatic carbocycles. The van der Waals surface area contributed by atoms with E-state index in [1.54, 1.807) is 24.3 Å². The zero-order valence-electron chi connectivity index (χ0n) is 18.4. The number of hydrogen-bond acceptors (Lipinski definition) is 5. The molecule has 1 aliphatic rings. The Labute approximate surface area is 204 Å². The van der Waals surface area contributed by atoms with Crippen molar-refractivity contribution in [1.82, 2.24) is 14.8 Å². The summed E-state index contributed by atoms with van der Waals surface area (Å²) < 4.78 is 5.73. The van der Waals surface area contributed by atoms with E-state index in [0.29, 0.717) is 32.9 Å². The average Bonchev–Trinajstić information content (AvgIpc) is 2.80. The van der Waals surface area contributed by atoms with Gasteiger partial charge < -0.3 is 15.0 Å². The number of halogens is 2. The number of carbonyl (C=O) groups is 1. The van der Waals surface area contributed by atoms with E-state index in [9.17, 15) is 4.79 Å². The topological polar surface area (TPSA) is 57.7 Å². The van der Waals surface area contributed by atoms with Crippen LogP contribution in [0.25, 0.3) is 0 Å². The lowest BCUT2D eigenvalue weighted by atomic mass is 10.1. The highest BCUT2D eigenvalue weighted by Gasteiger charge is 2.14. The highest BCUT2D eigenvalue weighted by atomic mass is 35.5. The van der Waals surface area contributed by atoms with Crippen molar-refractivity contribution in [2.75, 3.05) is 38.5 Å². The molecule has 1 fully saturated rings. The maximum Gasteiger partial charge on any atom is 0.255 e. The minimum absolute atomic E-state index is 0.186. The number of nitrogens with one attached hydrogen (secondary N) is 1. The van der Waals surface area contributed by atoms with Gasteiger partial charge in [-0.05, 0) is 55.1 Å². The molecule has 0 unspecified atom stereocenters. The van der Waals surface area contributed by atoms with Gasteiger partial charge in [-0.1, -0.05) is 41.4 Å². The van der Waals surface area contributed by atoms with Crippen molar-refractivity contribution in [3.05, 3.63) is 87.7 Å². The first-order valence-electron chi connectivity index (χ1n) is 10.8. The van der Waals surface area contributed by atoms with Crippen LogP contribution in [0.15, 0.2) is 60.7 Å². The van der Waals surface area contributed by atoms with Crippen LogP contribution in [0.5, 0.6) is 5.75 Å². The van der Waals surface area contributed by atoms with Gasteiger partial charge in [0.05, 0.1) is 10.7 Å². The number of hydrogen-bond donors (Lipinski definition) is 1. The van der Waals surface area contributed by atoms with Gasteiger partial charge in [0, 0.05) is 44.0 Å². The smallest absolute Gasteiger partial charge is 0.255 e. The fraction of sp³-hybridized carbons (Fsp3) is 0.280. The summed E-state index contributed by atoms with van der Waals surface area (Å²) in [7, 11) is 2.15. The number of piperazine rings is 1. The zero-order chi connectivity index (χ0) is 23.2. The number of anilines is 1. The standard InChI is InChI=1S/C25H26Cl2N4O2/c1-30-11-13-31(14-12-30)16-18-5-7-19(8-6-18)25(32)29-20-9-10-23(22(26)15-20)33-17-21-3-2-4-24(27)28-21/h2-10,15H,11-14,16-17H2,1H3,(H,29,32). The fourth-order valence-electron chi connectivity index (χ4n) is 3.61. The van der Waals surface area contributed by atoms with Gasteiger partial charge in [-0.2, -0.15) is 0 Å². The molecule has 172 valence electrons. The number of ether oxygens (including phenoxy) is 1. The van der Waals surface area contributed by atoms with Crippen molar-refractivity contribution < 1.29 is 9.53 Å². The maximum absolute atomic E-state index is 12.7. The van der Waals surface area contributed by atoms with E-state index < -0.39 is 0 Å². The molecule has 0 aliphatic carbocycles. The van der Waals surface area contributed by atoms with Gasteiger partial charge in [-0.25, -0.2) is 4.98 Å². The van der Waals surface area contributed by atoms with Crippen LogP contribution in [0.4, 0.5) is 5.69 Å². The molecule has 2 heterocycles. The molecule has 1 amide bonds. The van der Waals surface area contributed by atoms with Gasteiger partial charge in [-0.15, -0.1) is 0 Å². The molecule has 1 aliphatic heterocycles. The third-order valence-corrected chi connectivity index (χ3v) is 6.06. The second-order valence-electron chi connectivity index (χ2n) is 8.12. The number of amides is 1. The van der Waals surface area contributed by atoms with E-state index in [0.717, 1.165) is 32.7 Å². The SMILES string of the molecule is CN1CCN(Cc2ccc(C(=O)Nc3ccc(OCc4cccc(Cl)n4)c(Cl)c3)cc2)CC1. The molecule has 4 rings (SSSR count). The Hall–Kier alpha value is -2.64. The van der Waals surface area contributed by atoms with E-state index in [-0.39, 0.29) is 12.5 Å². The average molecular weight is 485 g/mol. The molecule has 0 bridgehead atoms. The first kappa shape index (κ1) is 23.5. The molecule has 33 heavy (non-hydrogen) atoms. The molecule has 6 nitrogen and oxygen atoms in total. The molecule has 1 N–H and O–H groups in total. The van der Waals surface area contributed by atoms with Crippen molar-refractivity contribution in [3.63, 3.8) is 0 Å². The van der Waals surface area contributed by atoms with E-state index in [1.807, 2.05) is 36.4 Å². The van der Waals surface area contributed by atoms with Gasteiger partial charge in [0.1, 0.15) is 17.5 Å². The monoisotopic (exact) mass is 484 g/mol. The van der Waals surface area contributed by atoms with Crippen LogP contribution in [0.1, 0.15) is 21.6 Å². The van der Waals surface area contributed by atoms with Gasteiger partial charge in [0.15, 0.2) is 0 Å². The van der Waals surface area contributed by atoms with Crippen molar-refractivity contribution in [3.8, 4) is 5.75 Å². The van der Waals surface area contributed by atoms with E-state index in [2.05, 4.69) is 27.1 Å². The van der Waals surface area contributed by atoms with Crippen LogP contribution in [0.2, 0.25) is 10.2 Å². The van der Waals surface area contributed by atoms with Crippen molar-refractivity contribution >= 4 is 34.8 Å². The minimum Gasteiger partial charge on any atom is -0.486 e. The predicted octanol–water partition coefficient (Wildman–Crippen LogP) is 4.97. The number of carbonyl (C=O) groups excluding carboxylic acids is 1. The molecule has 1 aromatic heterocycles. The summed E-state index contributed by atoms with van der Waals surface area (Å²) >= 11 is 12.2. The molecular formula is C25H26Cl2N4O2. The van der Waals surface area contributed by atoms with E-state index in [1.165, 1.54) is 5.56 Å². The lowest BCUT2D eigenvalue weighted by Crippen LogP contribution is -2.43. The number of pyridine rings is 1. The lowest BCUT2D eigenvalue weighted by molar-refractivity contribution is 0.102. The number of rotatable bonds is 7. The minimum atomic E-state index is -0.186. The van der Waals surface area contributed by atoms with Crippen LogP contribution >= 0.6 is 23.2 Å². The Morgan fingerprint density at radius 2 is 1.79 bits per heavy atom. The van der Waals surface area contributed by atoms with Gasteiger partial charge in [0.2, 0.25) is 0 Å². The fourth-order valence-corrected chi connectivity index (χ4v) is 4.02. The summed E-state index contributed by atoms with van der Waals surface area (Å²) in [6.07, 6.45) is 0. The summed E-state index contributed by atoms with van der Waals surface area (Å²) in [5.41, 5.74) is 3.10. The van der Waals surface area contributed by atoms with Gasteiger partial charge in [0.25, 0.3) is 5.91 Å². The summed E-state index contributed by atoms with van der Waals surface area (Å²) in [5, 5.41) is 3.70. The quantitative estimate of drug-likeness (QED) is 0.479. The van der Waals surface area contributed by atoms with Crippen LogP contribution in [0, 0.1) is 0 Å². The summed E-state index contributed by atoms with van der Waals surface area (Å²) in [5.74, 6) is 0.318. The summed E-state index contributed by atoms with van der Waals surface area (Å²) in [4.78, 5) is 21.6. The van der Waals surface area contributed by atoms with Gasteiger partial charge >= 0.3 is 0 Å². The Morgan fingerprint density at radius 1 is 1.03 bits per heavy atom. The molecule has 0 radical (unpaired) electrons. The number of benzene rings is 2. The number of nitrogens with zero attached hydrogens (tertiary/aromatic N) is 3. The molecule has 3 aromatic rings. The highest BCUT2D eigenvalue weighted by molar-refractivity contribution is 6.32. The van der Waals surface area contributed by atoms with Crippen molar-refractivity contribution in [1.29, 1.82) is 0 Å². The highest BCUT2D eigenvalue weighted by Crippen LogP contribution is 2.28. The molecule has 8 heteroatoms. The third-order valence-electron chi connectivity index (χ3n) is 5.56. The molecule has 0 saturated carbocycles. The van der Waals surface area contributed by atoms with Crippen LogP contribution in [-0.4, -0.2) is 53.9 Å². The molecule has 0 atom stereocenters. The Balaban J connectivity index is 1.31. The van der Waals surface area contributed by atoms with Crippen molar-refractivity contribution in [2.45, 2.75) is 13.2 Å². The Morgan fingerprint density at radius 3 is 2.48 bits per heavy atom. The Bertz CT molecular complexity index is 1100. The maximum atomic E-state index is 12.7. The number of likely N-dealkylation sites (N-methyl/N-ethyl adjacent to an activating group) is 1. The predicted molar refractivity (Wildman–Crippen MR) is 132 cm³/mol. The van der Waals surface area contributed by atoms with Crippen LogP contribution < -0.4 is 10.1 Å². The molecule has 1 saturated heterocycles. The lowest BCUT2D eigenvalue weighted by Gasteiger charge is -2.32. The van der Waals surface area contributed by atoms with Crippen LogP contribution in [0.3, 0.4) is 0 Å². The molecule has 0 spiro atoms. The first-order chi connectivity index (χ1) is 16.0. The second kappa shape index (κ2) is 11.0. The second-order valence-corrected chi connectivity index (χ2v) is 8.91. The van der Waals surface area contributed by atoms with Crippen LogP contribution in [-0.2, 0) is 13.2 Å². The van der Waals surface area contributed by atoms with Gasteiger partial charge in [-0.3, -0.25) is 9.69 Å². The van der Waals surface area contributed by atoms with E-state index >= 15 is 0 Å². The largest absolute Gasteiger partial charge is 0.486 e. The number of aromatic nitrogens is 1. The molecular weight excluding hydrogens is 459 g/mol. The summed E-state index contributed by atoms with van der Waals surface area (Å²) in [6, 6.07) is 18.2. The summed E-state index contributed by atoms with van der Waals surface area (Å²) in [6.45, 7) is 5.45. The van der Waals surface area contributed by atoms with Crippen molar-refractivity contribution in [2.24, 2.45) is 0 Å². The Kier molecular flexibility index (Phi) is 7.83. The first-order valence-corrected chi connectivity index (χ1v) is 11.6.